The molecular formula is C12H18BrFN2O3S. The summed E-state index contributed by atoms with van der Waals surface area (Å²) in [7, 11) is -3.77. The molecule has 0 aliphatic carbocycles. The van der Waals surface area contributed by atoms with Crippen molar-refractivity contribution in [1.29, 1.82) is 0 Å². The normalized spacial score (nSPS) is 11.8. The van der Waals surface area contributed by atoms with E-state index in [1.807, 2.05) is 6.92 Å². The standard InChI is InChI=1S/C12H18BrFN2O3S/c1-2-3-5-19-6-4-16-20(17,18)12-7-9(13)10(14)8-11(12)15/h7-8,16H,2-6,15H2,1H3. The van der Waals surface area contributed by atoms with E-state index in [4.69, 9.17) is 10.5 Å². The van der Waals surface area contributed by atoms with Crippen molar-refractivity contribution >= 4 is 31.6 Å². The number of rotatable bonds is 8. The Morgan fingerprint density at radius 1 is 1.40 bits per heavy atom. The van der Waals surface area contributed by atoms with Crippen molar-refractivity contribution in [2.45, 2.75) is 24.7 Å². The second kappa shape index (κ2) is 7.92. The van der Waals surface area contributed by atoms with E-state index in [1.54, 1.807) is 0 Å². The van der Waals surface area contributed by atoms with Gasteiger partial charge in [0, 0.05) is 13.2 Å². The number of ether oxygens (including phenoxy) is 1. The fourth-order valence-electron chi connectivity index (χ4n) is 1.45. The van der Waals surface area contributed by atoms with Crippen LogP contribution < -0.4 is 10.5 Å². The monoisotopic (exact) mass is 368 g/mol. The molecule has 1 aromatic carbocycles. The Labute approximate surface area is 126 Å². The Hall–Kier alpha value is -0.700. The van der Waals surface area contributed by atoms with Gasteiger partial charge in [-0.05, 0) is 34.5 Å². The lowest BCUT2D eigenvalue weighted by atomic mass is 10.3. The number of anilines is 1. The van der Waals surface area contributed by atoms with E-state index in [0.29, 0.717) is 6.61 Å². The minimum Gasteiger partial charge on any atom is -0.398 e. The molecule has 0 saturated heterocycles. The van der Waals surface area contributed by atoms with Gasteiger partial charge in [-0.1, -0.05) is 13.3 Å². The smallest absolute Gasteiger partial charge is 0.242 e. The van der Waals surface area contributed by atoms with Crippen LogP contribution >= 0.6 is 15.9 Å². The molecule has 0 heterocycles. The summed E-state index contributed by atoms with van der Waals surface area (Å²) in [5.74, 6) is -0.607. The molecule has 1 rings (SSSR count). The Morgan fingerprint density at radius 3 is 2.75 bits per heavy atom. The van der Waals surface area contributed by atoms with Gasteiger partial charge in [0.2, 0.25) is 10.0 Å². The lowest BCUT2D eigenvalue weighted by molar-refractivity contribution is 0.136. The largest absolute Gasteiger partial charge is 0.398 e. The van der Waals surface area contributed by atoms with Crippen LogP contribution in [0.25, 0.3) is 0 Å². The predicted octanol–water partition coefficient (Wildman–Crippen LogP) is 2.27. The summed E-state index contributed by atoms with van der Waals surface area (Å²) in [5, 5.41) is 0. The van der Waals surface area contributed by atoms with Crippen LogP contribution in [0, 0.1) is 5.82 Å². The highest BCUT2D eigenvalue weighted by Gasteiger charge is 2.19. The molecule has 0 spiro atoms. The molecule has 0 atom stereocenters. The third kappa shape index (κ3) is 5.01. The molecule has 0 radical (unpaired) electrons. The highest BCUT2D eigenvalue weighted by molar-refractivity contribution is 9.10. The first-order valence-electron chi connectivity index (χ1n) is 6.20. The highest BCUT2D eigenvalue weighted by Crippen LogP contribution is 2.25. The van der Waals surface area contributed by atoms with Crippen LogP contribution in [0.2, 0.25) is 0 Å². The van der Waals surface area contributed by atoms with E-state index in [1.165, 1.54) is 0 Å². The van der Waals surface area contributed by atoms with Crippen molar-refractivity contribution < 1.29 is 17.5 Å². The number of benzene rings is 1. The molecule has 0 bridgehead atoms. The van der Waals surface area contributed by atoms with Gasteiger partial charge in [0.15, 0.2) is 0 Å². The molecule has 0 unspecified atom stereocenters. The van der Waals surface area contributed by atoms with Crippen molar-refractivity contribution in [3.8, 4) is 0 Å². The van der Waals surface area contributed by atoms with Crippen molar-refractivity contribution in [2.24, 2.45) is 0 Å². The summed E-state index contributed by atoms with van der Waals surface area (Å²) in [6.45, 7) is 3.06. The van der Waals surface area contributed by atoms with Gasteiger partial charge < -0.3 is 10.5 Å². The molecule has 20 heavy (non-hydrogen) atoms. The lowest BCUT2D eigenvalue weighted by Gasteiger charge is -2.10. The number of halogens is 2. The van der Waals surface area contributed by atoms with Crippen LogP contribution in [0.4, 0.5) is 10.1 Å². The molecule has 5 nitrogen and oxygen atoms in total. The van der Waals surface area contributed by atoms with Crippen LogP contribution in [-0.4, -0.2) is 28.2 Å². The van der Waals surface area contributed by atoms with Crippen molar-refractivity contribution in [3.05, 3.63) is 22.4 Å². The summed E-state index contributed by atoms with van der Waals surface area (Å²) in [6, 6.07) is 2.11. The molecule has 1 aromatic rings. The Morgan fingerprint density at radius 2 is 2.10 bits per heavy atom. The third-order valence-corrected chi connectivity index (χ3v) is 4.65. The van der Waals surface area contributed by atoms with Gasteiger partial charge in [-0.25, -0.2) is 17.5 Å². The predicted molar refractivity (Wildman–Crippen MR) is 79.4 cm³/mol. The minimum absolute atomic E-state index is 0.0475. The zero-order chi connectivity index (χ0) is 15.2. The molecule has 114 valence electrons. The van der Waals surface area contributed by atoms with Gasteiger partial charge in [0.25, 0.3) is 0 Å². The minimum atomic E-state index is -3.77. The second-order valence-corrected chi connectivity index (χ2v) is 6.76. The average Bonchev–Trinajstić information content (AvgIpc) is 2.37. The number of nitrogens with two attached hydrogens (primary N) is 1. The van der Waals surface area contributed by atoms with Crippen molar-refractivity contribution in [1.82, 2.24) is 4.72 Å². The topological polar surface area (TPSA) is 81.4 Å². The number of hydrogen-bond acceptors (Lipinski definition) is 4. The van der Waals surface area contributed by atoms with Crippen LogP contribution in [0.3, 0.4) is 0 Å². The molecule has 0 aliphatic rings. The lowest BCUT2D eigenvalue weighted by Crippen LogP contribution is -2.28. The van der Waals surface area contributed by atoms with E-state index in [9.17, 15) is 12.8 Å². The maximum absolute atomic E-state index is 13.2. The average molecular weight is 369 g/mol. The summed E-state index contributed by atoms with van der Waals surface area (Å²) in [6.07, 6.45) is 1.95. The number of unbranched alkanes of at least 4 members (excludes halogenated alkanes) is 1. The number of hydrogen-bond donors (Lipinski definition) is 2. The molecule has 0 aliphatic heterocycles. The SMILES string of the molecule is CCCCOCCNS(=O)(=O)c1cc(Br)c(F)cc1N. The van der Waals surface area contributed by atoms with Gasteiger partial charge in [0.1, 0.15) is 10.7 Å². The number of nitrogens with one attached hydrogen (secondary N) is 1. The molecule has 0 aromatic heterocycles. The highest BCUT2D eigenvalue weighted by atomic mass is 79.9. The third-order valence-electron chi connectivity index (χ3n) is 2.52. The Balaban J connectivity index is 2.63. The molecule has 0 amide bonds. The van der Waals surface area contributed by atoms with Gasteiger partial charge in [-0.3, -0.25) is 0 Å². The van der Waals surface area contributed by atoms with Gasteiger partial charge in [-0.15, -0.1) is 0 Å². The van der Waals surface area contributed by atoms with Crippen molar-refractivity contribution in [3.63, 3.8) is 0 Å². The van der Waals surface area contributed by atoms with E-state index < -0.39 is 15.8 Å². The summed E-state index contributed by atoms with van der Waals surface area (Å²) < 4.78 is 44.9. The summed E-state index contributed by atoms with van der Waals surface area (Å²) in [5.41, 5.74) is 5.40. The molecule has 0 saturated carbocycles. The van der Waals surface area contributed by atoms with Crippen LogP contribution in [0.1, 0.15) is 19.8 Å². The maximum atomic E-state index is 13.2. The van der Waals surface area contributed by atoms with E-state index in [-0.39, 0.29) is 28.2 Å². The van der Waals surface area contributed by atoms with Crippen LogP contribution in [0.5, 0.6) is 0 Å². The molecular weight excluding hydrogens is 351 g/mol. The van der Waals surface area contributed by atoms with Crippen LogP contribution in [0.15, 0.2) is 21.5 Å². The van der Waals surface area contributed by atoms with E-state index in [2.05, 4.69) is 20.7 Å². The van der Waals surface area contributed by atoms with E-state index in [0.717, 1.165) is 25.0 Å². The summed E-state index contributed by atoms with van der Waals surface area (Å²) in [4.78, 5) is -0.153. The quantitative estimate of drug-likeness (QED) is 0.544. The number of sulfonamides is 1. The molecule has 8 heteroatoms. The number of nitrogen functional groups attached to an aromatic ring is 1. The molecule has 3 N–H and O–H groups in total. The first-order valence-corrected chi connectivity index (χ1v) is 8.48. The Kier molecular flexibility index (Phi) is 6.87. The van der Waals surface area contributed by atoms with Gasteiger partial charge in [-0.2, -0.15) is 0 Å². The van der Waals surface area contributed by atoms with Crippen molar-refractivity contribution in [2.75, 3.05) is 25.5 Å². The Bertz CT molecular complexity index is 552. The summed E-state index contributed by atoms with van der Waals surface area (Å²) >= 11 is 2.94. The maximum Gasteiger partial charge on any atom is 0.242 e. The van der Waals surface area contributed by atoms with Gasteiger partial charge in [0.05, 0.1) is 16.8 Å². The molecule has 0 fully saturated rings. The zero-order valence-electron chi connectivity index (χ0n) is 11.2. The van der Waals surface area contributed by atoms with Crippen LogP contribution in [-0.2, 0) is 14.8 Å². The zero-order valence-corrected chi connectivity index (χ0v) is 13.6. The van der Waals surface area contributed by atoms with Gasteiger partial charge >= 0.3 is 0 Å². The first kappa shape index (κ1) is 17.4. The van der Waals surface area contributed by atoms with E-state index >= 15 is 0 Å². The fourth-order valence-corrected chi connectivity index (χ4v) is 3.10. The first-order chi connectivity index (χ1) is 9.38. The fraction of sp³-hybridized carbons (Fsp3) is 0.500. The second-order valence-electron chi connectivity index (χ2n) is 4.17.